The van der Waals surface area contributed by atoms with Gasteiger partial charge >= 0.3 is 0 Å². The molecule has 0 heterocycles. The lowest BCUT2D eigenvalue weighted by molar-refractivity contribution is -0.0689. The van der Waals surface area contributed by atoms with Crippen LogP contribution in [0, 0.1) is 0 Å². The fraction of sp³-hybridized carbons (Fsp3) is 0.625. The van der Waals surface area contributed by atoms with E-state index in [0.29, 0.717) is 12.3 Å². The molecule has 1 saturated carbocycles. The molecule has 2 rings (SSSR count). The Hall–Kier alpha value is -0.860. The van der Waals surface area contributed by atoms with Crippen LogP contribution >= 0.6 is 0 Å². The summed E-state index contributed by atoms with van der Waals surface area (Å²) in [6.07, 6.45) is 3.44. The maximum atomic E-state index is 10.3. The molecule has 0 saturated heterocycles. The summed E-state index contributed by atoms with van der Waals surface area (Å²) in [6, 6.07) is 8.37. The first kappa shape index (κ1) is 13.6. The summed E-state index contributed by atoms with van der Waals surface area (Å²) in [5, 5.41) is 20.5. The zero-order chi connectivity index (χ0) is 13.2. The van der Waals surface area contributed by atoms with Crippen LogP contribution in [0.2, 0.25) is 0 Å². The monoisotopic (exact) mass is 248 g/mol. The maximum absolute atomic E-state index is 10.3. The van der Waals surface area contributed by atoms with Crippen LogP contribution in [0.4, 0.5) is 0 Å². The Balaban J connectivity index is 2.00. The molecule has 1 unspecified atom stereocenters. The van der Waals surface area contributed by atoms with E-state index in [0.717, 1.165) is 31.2 Å². The first-order valence-electron chi connectivity index (χ1n) is 7.00. The van der Waals surface area contributed by atoms with Crippen LogP contribution in [-0.2, 0) is 6.42 Å². The largest absolute Gasteiger partial charge is 0.390 e. The highest BCUT2D eigenvalue weighted by molar-refractivity contribution is 5.25. The topological polar surface area (TPSA) is 40.5 Å². The van der Waals surface area contributed by atoms with E-state index in [1.54, 1.807) is 0 Å². The van der Waals surface area contributed by atoms with Crippen molar-refractivity contribution in [2.24, 2.45) is 0 Å². The third-order valence-corrected chi connectivity index (χ3v) is 4.17. The zero-order valence-corrected chi connectivity index (χ0v) is 11.4. The number of aliphatic hydroxyl groups is 2. The van der Waals surface area contributed by atoms with Crippen molar-refractivity contribution < 1.29 is 10.2 Å². The minimum absolute atomic E-state index is 0.531. The van der Waals surface area contributed by atoms with Crippen molar-refractivity contribution in [1.82, 2.24) is 0 Å². The van der Waals surface area contributed by atoms with Crippen molar-refractivity contribution in [2.75, 3.05) is 0 Å². The second-order valence-electron chi connectivity index (χ2n) is 5.93. The van der Waals surface area contributed by atoms with Crippen molar-refractivity contribution in [3.8, 4) is 0 Å². The predicted molar refractivity (Wildman–Crippen MR) is 73.7 cm³/mol. The fourth-order valence-corrected chi connectivity index (χ4v) is 2.77. The second-order valence-corrected chi connectivity index (χ2v) is 5.93. The molecule has 18 heavy (non-hydrogen) atoms. The molecule has 0 aromatic heterocycles. The average Bonchev–Trinajstić information content (AvgIpc) is 2.78. The molecule has 0 radical (unpaired) electrons. The van der Waals surface area contributed by atoms with Gasteiger partial charge in [-0.1, -0.05) is 51.0 Å². The summed E-state index contributed by atoms with van der Waals surface area (Å²) in [4.78, 5) is 0. The third-order valence-electron chi connectivity index (χ3n) is 4.17. The van der Waals surface area contributed by atoms with Gasteiger partial charge in [-0.15, -0.1) is 0 Å². The highest BCUT2D eigenvalue weighted by Gasteiger charge is 2.38. The number of hydrogen-bond acceptors (Lipinski definition) is 2. The molecule has 0 bridgehead atoms. The van der Waals surface area contributed by atoms with Gasteiger partial charge in [-0.05, 0) is 29.9 Å². The minimum atomic E-state index is -0.850. The van der Waals surface area contributed by atoms with Crippen molar-refractivity contribution in [3.63, 3.8) is 0 Å². The van der Waals surface area contributed by atoms with E-state index >= 15 is 0 Å². The van der Waals surface area contributed by atoms with Gasteiger partial charge in [0.15, 0.2) is 0 Å². The molecule has 100 valence electrons. The molecule has 2 N–H and O–H groups in total. The Bertz CT molecular complexity index is 375. The summed E-state index contributed by atoms with van der Waals surface area (Å²) in [7, 11) is 0. The van der Waals surface area contributed by atoms with Gasteiger partial charge in [-0.25, -0.2) is 0 Å². The lowest BCUT2D eigenvalue weighted by Crippen LogP contribution is -2.40. The Kier molecular flexibility index (Phi) is 4.08. The van der Waals surface area contributed by atoms with Gasteiger partial charge in [0.05, 0.1) is 11.7 Å². The Morgan fingerprint density at radius 2 is 1.67 bits per heavy atom. The zero-order valence-electron chi connectivity index (χ0n) is 11.4. The normalized spacial score (nSPS) is 20.3. The number of benzene rings is 1. The Morgan fingerprint density at radius 3 is 2.17 bits per heavy atom. The van der Waals surface area contributed by atoms with Gasteiger partial charge in [-0.3, -0.25) is 0 Å². The second kappa shape index (κ2) is 5.41. The molecule has 1 aliphatic carbocycles. The standard InChI is InChI=1S/C16H24O2/c1-12(2)14-7-5-13(6-8-14)11-15(17)16(18)9-3-4-10-16/h5-8,12,15,17-18H,3-4,9-11H2,1-2H3. The lowest BCUT2D eigenvalue weighted by atomic mass is 9.89. The summed E-state index contributed by atoms with van der Waals surface area (Å²) in [6.45, 7) is 4.34. The van der Waals surface area contributed by atoms with Crippen molar-refractivity contribution in [2.45, 2.75) is 63.6 Å². The van der Waals surface area contributed by atoms with Crippen LogP contribution < -0.4 is 0 Å². The summed E-state index contributed by atoms with van der Waals surface area (Å²) < 4.78 is 0. The van der Waals surface area contributed by atoms with Gasteiger partial charge in [-0.2, -0.15) is 0 Å². The SMILES string of the molecule is CC(C)c1ccc(CC(O)C2(O)CCCC2)cc1. The molecule has 1 aromatic carbocycles. The van der Waals surface area contributed by atoms with E-state index in [-0.39, 0.29) is 0 Å². The van der Waals surface area contributed by atoms with Gasteiger partial charge in [0, 0.05) is 6.42 Å². The van der Waals surface area contributed by atoms with Gasteiger partial charge in [0.2, 0.25) is 0 Å². The fourth-order valence-electron chi connectivity index (χ4n) is 2.77. The molecule has 0 aliphatic heterocycles. The van der Waals surface area contributed by atoms with Gasteiger partial charge < -0.3 is 10.2 Å². The van der Waals surface area contributed by atoms with E-state index in [2.05, 4.69) is 38.1 Å². The quantitative estimate of drug-likeness (QED) is 0.860. The number of hydrogen-bond donors (Lipinski definition) is 2. The third kappa shape index (κ3) is 2.93. The molecule has 2 heteroatoms. The highest BCUT2D eigenvalue weighted by atomic mass is 16.3. The molecule has 2 nitrogen and oxygen atoms in total. The van der Waals surface area contributed by atoms with Crippen LogP contribution in [0.15, 0.2) is 24.3 Å². The summed E-state index contributed by atoms with van der Waals surface area (Å²) in [5.74, 6) is 0.531. The van der Waals surface area contributed by atoms with E-state index in [4.69, 9.17) is 0 Å². The predicted octanol–water partition coefficient (Wildman–Crippen LogP) is 3.02. The molecular weight excluding hydrogens is 224 g/mol. The van der Waals surface area contributed by atoms with E-state index in [1.165, 1.54) is 5.56 Å². The van der Waals surface area contributed by atoms with Crippen molar-refractivity contribution in [3.05, 3.63) is 35.4 Å². The first-order valence-corrected chi connectivity index (χ1v) is 7.00. The lowest BCUT2D eigenvalue weighted by Gasteiger charge is -2.28. The van der Waals surface area contributed by atoms with Crippen LogP contribution in [0.1, 0.15) is 56.6 Å². The van der Waals surface area contributed by atoms with Crippen LogP contribution in [0.3, 0.4) is 0 Å². The van der Waals surface area contributed by atoms with Crippen LogP contribution in [-0.4, -0.2) is 21.9 Å². The van der Waals surface area contributed by atoms with E-state index in [9.17, 15) is 10.2 Å². The summed E-state index contributed by atoms with van der Waals surface area (Å²) >= 11 is 0. The highest BCUT2D eigenvalue weighted by Crippen LogP contribution is 2.33. The van der Waals surface area contributed by atoms with Gasteiger partial charge in [0.25, 0.3) is 0 Å². The Morgan fingerprint density at radius 1 is 1.11 bits per heavy atom. The van der Waals surface area contributed by atoms with Crippen molar-refractivity contribution >= 4 is 0 Å². The first-order chi connectivity index (χ1) is 8.51. The number of aliphatic hydroxyl groups excluding tert-OH is 1. The molecule has 0 amide bonds. The Labute approximate surface area is 110 Å². The maximum Gasteiger partial charge on any atom is 0.0908 e. The molecule has 1 aromatic rings. The molecule has 1 aliphatic rings. The smallest absolute Gasteiger partial charge is 0.0908 e. The molecule has 1 atom stereocenters. The molecular formula is C16H24O2. The van der Waals surface area contributed by atoms with E-state index in [1.807, 2.05) is 0 Å². The minimum Gasteiger partial charge on any atom is -0.390 e. The van der Waals surface area contributed by atoms with Crippen molar-refractivity contribution in [1.29, 1.82) is 0 Å². The average molecular weight is 248 g/mol. The summed E-state index contributed by atoms with van der Waals surface area (Å²) in [5.41, 5.74) is 1.57. The van der Waals surface area contributed by atoms with E-state index < -0.39 is 11.7 Å². The van der Waals surface area contributed by atoms with Crippen LogP contribution in [0.5, 0.6) is 0 Å². The molecule has 0 spiro atoms. The van der Waals surface area contributed by atoms with Crippen LogP contribution in [0.25, 0.3) is 0 Å². The van der Waals surface area contributed by atoms with Gasteiger partial charge in [0.1, 0.15) is 0 Å². The number of rotatable bonds is 4. The molecule has 1 fully saturated rings.